The van der Waals surface area contributed by atoms with Crippen LogP contribution in [0.5, 0.6) is 0 Å². The quantitative estimate of drug-likeness (QED) is 0.635. The van der Waals surface area contributed by atoms with Crippen molar-refractivity contribution in [3.63, 3.8) is 0 Å². The summed E-state index contributed by atoms with van der Waals surface area (Å²) in [5.74, 6) is 0. The molecule has 0 aliphatic rings. The van der Waals surface area contributed by atoms with Gasteiger partial charge in [-0.2, -0.15) is 0 Å². The summed E-state index contributed by atoms with van der Waals surface area (Å²) in [6.45, 7) is 9.30. The van der Waals surface area contributed by atoms with Crippen LogP contribution in [0.3, 0.4) is 0 Å². The number of thiazole rings is 1. The highest BCUT2D eigenvalue weighted by molar-refractivity contribution is 7.15. The van der Waals surface area contributed by atoms with E-state index in [1.165, 1.54) is 4.88 Å². The molecule has 1 aromatic rings. The van der Waals surface area contributed by atoms with E-state index in [0.29, 0.717) is 6.61 Å². The van der Waals surface area contributed by atoms with Crippen LogP contribution in [-0.2, 0) is 22.6 Å². The van der Waals surface area contributed by atoms with Gasteiger partial charge in [0.15, 0.2) is 5.13 Å². The zero-order chi connectivity index (χ0) is 14.8. The molecule has 0 unspecified atom stereocenters. The molecule has 0 aliphatic carbocycles. The Morgan fingerprint density at radius 2 is 2.05 bits per heavy atom. The van der Waals surface area contributed by atoms with Crippen LogP contribution in [0.15, 0.2) is 0 Å². The molecule has 1 N–H and O–H groups in total. The van der Waals surface area contributed by atoms with E-state index in [1.807, 2.05) is 0 Å². The van der Waals surface area contributed by atoms with Gasteiger partial charge in [0.05, 0.1) is 18.9 Å². The molecular weight excluding hydrogens is 274 g/mol. The minimum absolute atomic E-state index is 0.571. The lowest BCUT2D eigenvalue weighted by Gasteiger charge is -2.18. The van der Waals surface area contributed by atoms with Gasteiger partial charge in [-0.25, -0.2) is 4.98 Å². The molecule has 1 heterocycles. The third kappa shape index (κ3) is 5.36. The Balaban J connectivity index is 2.77. The average Bonchev–Trinajstić information content (AvgIpc) is 2.84. The van der Waals surface area contributed by atoms with E-state index < -0.39 is 0 Å². The second kappa shape index (κ2) is 10.1. The van der Waals surface area contributed by atoms with Gasteiger partial charge in [-0.3, -0.25) is 0 Å². The van der Waals surface area contributed by atoms with E-state index in [9.17, 15) is 0 Å². The normalized spacial score (nSPS) is 11.0. The summed E-state index contributed by atoms with van der Waals surface area (Å²) in [5, 5.41) is 4.50. The van der Waals surface area contributed by atoms with Crippen LogP contribution < -0.4 is 10.2 Å². The van der Waals surface area contributed by atoms with Crippen molar-refractivity contribution in [2.24, 2.45) is 0 Å². The fourth-order valence-corrected chi connectivity index (χ4v) is 2.98. The predicted octanol–water partition coefficient (Wildman–Crippen LogP) is 2.26. The number of nitrogens with zero attached hydrogens (tertiary/aromatic N) is 2. The topological polar surface area (TPSA) is 46.6 Å². The third-order valence-corrected chi connectivity index (χ3v) is 4.14. The van der Waals surface area contributed by atoms with Crippen LogP contribution in [-0.4, -0.2) is 45.4 Å². The Morgan fingerprint density at radius 1 is 1.25 bits per heavy atom. The highest BCUT2D eigenvalue weighted by Gasteiger charge is 2.15. The molecule has 0 amide bonds. The van der Waals surface area contributed by atoms with Crippen LogP contribution >= 0.6 is 11.3 Å². The molecule has 116 valence electrons. The summed E-state index contributed by atoms with van der Waals surface area (Å²) < 4.78 is 10.4. The number of likely N-dealkylation sites (N-methyl/N-ethyl adjacent to an activating group) is 1. The van der Waals surface area contributed by atoms with E-state index >= 15 is 0 Å². The van der Waals surface area contributed by atoms with Gasteiger partial charge in [-0.15, -0.1) is 11.3 Å². The van der Waals surface area contributed by atoms with Gasteiger partial charge >= 0.3 is 0 Å². The van der Waals surface area contributed by atoms with Gasteiger partial charge in [0.25, 0.3) is 0 Å². The maximum atomic E-state index is 5.26. The molecular formula is C14H27N3O2S. The molecule has 0 spiro atoms. The number of hydrogen-bond donors (Lipinski definition) is 1. The Morgan fingerprint density at radius 3 is 2.65 bits per heavy atom. The van der Waals surface area contributed by atoms with Gasteiger partial charge in [-0.05, 0) is 19.9 Å². The van der Waals surface area contributed by atoms with Crippen molar-refractivity contribution >= 4 is 16.5 Å². The first kappa shape index (κ1) is 17.4. The van der Waals surface area contributed by atoms with Crippen LogP contribution in [0.2, 0.25) is 0 Å². The van der Waals surface area contributed by atoms with Gasteiger partial charge in [0.1, 0.15) is 0 Å². The van der Waals surface area contributed by atoms with E-state index in [1.54, 1.807) is 25.6 Å². The van der Waals surface area contributed by atoms with Crippen molar-refractivity contribution in [2.75, 3.05) is 45.4 Å². The average molecular weight is 301 g/mol. The van der Waals surface area contributed by atoms with E-state index in [2.05, 4.69) is 24.1 Å². The Bertz CT molecular complexity index is 371. The first-order valence-corrected chi connectivity index (χ1v) is 8.00. The fourth-order valence-electron chi connectivity index (χ4n) is 1.86. The standard InChI is InChI=1S/C14H27N3O2S/c1-5-7-15-10-13-12(11-19-4)16-14(20-13)17(6-2)8-9-18-3/h15H,5-11H2,1-4H3. The van der Waals surface area contributed by atoms with Crippen molar-refractivity contribution < 1.29 is 9.47 Å². The lowest BCUT2D eigenvalue weighted by atomic mass is 10.3. The van der Waals surface area contributed by atoms with Crippen molar-refractivity contribution in [3.05, 3.63) is 10.6 Å². The highest BCUT2D eigenvalue weighted by Crippen LogP contribution is 2.26. The second-order valence-corrected chi connectivity index (χ2v) is 5.61. The number of hydrogen-bond acceptors (Lipinski definition) is 6. The SMILES string of the molecule is CCCNCc1sc(N(CC)CCOC)nc1COC. The first-order chi connectivity index (χ1) is 9.76. The number of rotatable bonds is 11. The number of aromatic nitrogens is 1. The number of ether oxygens (including phenoxy) is 2. The van der Waals surface area contributed by atoms with Gasteiger partial charge < -0.3 is 19.7 Å². The molecule has 1 aromatic heterocycles. The zero-order valence-electron chi connectivity index (χ0n) is 13.1. The summed E-state index contributed by atoms with van der Waals surface area (Å²) in [4.78, 5) is 8.24. The van der Waals surface area contributed by atoms with Gasteiger partial charge in [-0.1, -0.05) is 6.92 Å². The lowest BCUT2D eigenvalue weighted by Crippen LogP contribution is -2.26. The van der Waals surface area contributed by atoms with Crippen molar-refractivity contribution in [2.45, 2.75) is 33.4 Å². The smallest absolute Gasteiger partial charge is 0.185 e. The summed E-state index contributed by atoms with van der Waals surface area (Å²) in [6.07, 6.45) is 1.14. The predicted molar refractivity (Wildman–Crippen MR) is 84.6 cm³/mol. The molecule has 0 aliphatic heterocycles. The Labute approximate surface area is 126 Å². The van der Waals surface area contributed by atoms with E-state index in [4.69, 9.17) is 14.5 Å². The number of anilines is 1. The molecule has 0 fully saturated rings. The fraction of sp³-hybridized carbons (Fsp3) is 0.786. The van der Waals surface area contributed by atoms with Crippen LogP contribution in [0.1, 0.15) is 30.8 Å². The largest absolute Gasteiger partial charge is 0.383 e. The molecule has 0 atom stereocenters. The molecule has 0 saturated heterocycles. The highest BCUT2D eigenvalue weighted by atomic mass is 32.1. The third-order valence-electron chi connectivity index (χ3n) is 2.98. The maximum Gasteiger partial charge on any atom is 0.185 e. The minimum Gasteiger partial charge on any atom is -0.383 e. The Kier molecular flexibility index (Phi) is 8.77. The van der Waals surface area contributed by atoms with Crippen LogP contribution in [0.4, 0.5) is 5.13 Å². The molecule has 0 radical (unpaired) electrons. The zero-order valence-corrected chi connectivity index (χ0v) is 13.9. The summed E-state index contributed by atoms with van der Waals surface area (Å²) >= 11 is 1.75. The van der Waals surface area contributed by atoms with Gasteiger partial charge in [0.2, 0.25) is 0 Å². The van der Waals surface area contributed by atoms with Crippen molar-refractivity contribution in [1.82, 2.24) is 10.3 Å². The van der Waals surface area contributed by atoms with Crippen LogP contribution in [0, 0.1) is 0 Å². The monoisotopic (exact) mass is 301 g/mol. The summed E-state index contributed by atoms with van der Waals surface area (Å²) in [6, 6.07) is 0. The first-order valence-electron chi connectivity index (χ1n) is 7.18. The number of methoxy groups -OCH3 is 2. The van der Waals surface area contributed by atoms with Crippen molar-refractivity contribution in [3.8, 4) is 0 Å². The molecule has 6 heteroatoms. The summed E-state index contributed by atoms with van der Waals surface area (Å²) in [5.41, 5.74) is 1.05. The molecule has 1 rings (SSSR count). The second-order valence-electron chi connectivity index (χ2n) is 4.55. The van der Waals surface area contributed by atoms with Crippen LogP contribution in [0.25, 0.3) is 0 Å². The van der Waals surface area contributed by atoms with E-state index in [0.717, 1.165) is 50.0 Å². The molecule has 0 aromatic carbocycles. The molecule has 20 heavy (non-hydrogen) atoms. The van der Waals surface area contributed by atoms with Crippen molar-refractivity contribution in [1.29, 1.82) is 0 Å². The summed E-state index contributed by atoms with van der Waals surface area (Å²) in [7, 11) is 3.44. The van der Waals surface area contributed by atoms with Gasteiger partial charge in [0, 0.05) is 38.7 Å². The molecule has 5 nitrogen and oxygen atoms in total. The lowest BCUT2D eigenvalue weighted by molar-refractivity contribution is 0.181. The molecule has 0 saturated carbocycles. The Hall–Kier alpha value is -0.690. The minimum atomic E-state index is 0.571. The van der Waals surface area contributed by atoms with E-state index in [-0.39, 0.29) is 0 Å². The molecule has 0 bridgehead atoms. The number of nitrogens with one attached hydrogen (secondary N) is 1. The maximum absolute atomic E-state index is 5.26.